The van der Waals surface area contributed by atoms with Crippen LogP contribution in [0.3, 0.4) is 0 Å². The smallest absolute Gasteiger partial charge is 0.407 e. The number of nitrogens with zero attached hydrogens (tertiary/aromatic N) is 1. The van der Waals surface area contributed by atoms with E-state index >= 15 is 0 Å². The third-order valence-corrected chi connectivity index (χ3v) is 6.02. The average Bonchev–Trinajstić information content (AvgIpc) is 2.79. The second-order valence-corrected chi connectivity index (χ2v) is 8.84. The molecule has 1 unspecified atom stereocenters. The zero-order chi connectivity index (χ0) is 26.6. The summed E-state index contributed by atoms with van der Waals surface area (Å²) in [6, 6.07) is 6.73. The van der Waals surface area contributed by atoms with E-state index in [2.05, 4.69) is 15.4 Å². The quantitative estimate of drug-likeness (QED) is 0.486. The molecule has 3 atom stereocenters. The fourth-order valence-corrected chi connectivity index (χ4v) is 4.13. The number of nitrogens with one attached hydrogen (secondary N) is 2. The molecule has 0 spiro atoms. The molecule has 0 aliphatic heterocycles. The SMILES string of the molecule is COC(=O)N[C@H](C(=O)N(c1cccc(F)c1)C(C(=O)NC1CC(F)(F)C1)c1ccccc1Cl)[C@@H](C)O. The van der Waals surface area contributed by atoms with E-state index < -0.39 is 66.7 Å². The number of hydrogen-bond acceptors (Lipinski definition) is 5. The van der Waals surface area contributed by atoms with Crippen molar-refractivity contribution in [2.45, 2.75) is 49.9 Å². The van der Waals surface area contributed by atoms with Crippen molar-refractivity contribution < 1.29 is 37.4 Å². The Morgan fingerprint density at radius 3 is 2.39 bits per heavy atom. The van der Waals surface area contributed by atoms with Gasteiger partial charge in [0.2, 0.25) is 5.91 Å². The first-order chi connectivity index (χ1) is 16.9. The zero-order valence-corrected chi connectivity index (χ0v) is 20.1. The Morgan fingerprint density at radius 1 is 1.17 bits per heavy atom. The standard InChI is InChI=1S/C24H25ClF3N3O5/c1-13(32)19(30-23(35)36-2)22(34)31(16-7-5-6-14(26)10-16)20(17-8-3-4-9-18(17)25)21(33)29-15-11-24(27,28)12-15/h3-10,13,15,19-20,32H,11-12H2,1-2H3,(H,29,33)(H,30,35)/t13-,19+,20?/m1/s1. The molecule has 1 aliphatic carbocycles. The van der Waals surface area contributed by atoms with Crippen molar-refractivity contribution in [2.24, 2.45) is 0 Å². The monoisotopic (exact) mass is 527 g/mol. The molecule has 1 aliphatic rings. The van der Waals surface area contributed by atoms with E-state index in [9.17, 15) is 32.7 Å². The van der Waals surface area contributed by atoms with Crippen LogP contribution in [0.4, 0.5) is 23.7 Å². The summed E-state index contributed by atoms with van der Waals surface area (Å²) < 4.78 is 45.6. The van der Waals surface area contributed by atoms with Crippen molar-refractivity contribution in [3.8, 4) is 0 Å². The number of aliphatic hydroxyl groups is 1. The van der Waals surface area contributed by atoms with Crippen LogP contribution in [0.15, 0.2) is 48.5 Å². The number of alkyl carbamates (subject to hydrolysis) is 1. The molecular formula is C24H25ClF3N3O5. The predicted octanol–water partition coefficient (Wildman–Crippen LogP) is 3.57. The van der Waals surface area contributed by atoms with Crippen molar-refractivity contribution in [3.63, 3.8) is 0 Å². The van der Waals surface area contributed by atoms with E-state index in [1.54, 1.807) is 12.1 Å². The minimum absolute atomic E-state index is 0.0697. The summed E-state index contributed by atoms with van der Waals surface area (Å²) in [7, 11) is 1.05. The largest absolute Gasteiger partial charge is 0.453 e. The molecule has 8 nitrogen and oxygen atoms in total. The number of halogens is 4. The lowest BCUT2D eigenvalue weighted by Crippen LogP contribution is -2.58. The van der Waals surface area contributed by atoms with Crippen LogP contribution in [0.1, 0.15) is 31.4 Å². The van der Waals surface area contributed by atoms with Crippen LogP contribution in [0.5, 0.6) is 0 Å². The van der Waals surface area contributed by atoms with Gasteiger partial charge in [-0.15, -0.1) is 0 Å². The summed E-state index contributed by atoms with van der Waals surface area (Å²) >= 11 is 6.36. The Kier molecular flexibility index (Phi) is 8.47. The normalized spacial score (nSPS) is 17.2. The second kappa shape index (κ2) is 11.2. The highest BCUT2D eigenvalue weighted by Crippen LogP contribution is 2.39. The number of alkyl halides is 2. The molecule has 3 amide bonds. The van der Waals surface area contributed by atoms with Crippen LogP contribution in [0, 0.1) is 5.82 Å². The van der Waals surface area contributed by atoms with Gasteiger partial charge in [0, 0.05) is 35.2 Å². The first kappa shape index (κ1) is 27.3. The highest BCUT2D eigenvalue weighted by Gasteiger charge is 2.47. The van der Waals surface area contributed by atoms with Crippen LogP contribution >= 0.6 is 11.6 Å². The molecule has 3 N–H and O–H groups in total. The molecule has 36 heavy (non-hydrogen) atoms. The summed E-state index contributed by atoms with van der Waals surface area (Å²) in [5.74, 6) is -5.52. The van der Waals surface area contributed by atoms with Crippen molar-refractivity contribution in [1.82, 2.24) is 10.6 Å². The summed E-state index contributed by atoms with van der Waals surface area (Å²) in [6.07, 6.45) is -3.67. The number of amides is 3. The molecule has 194 valence electrons. The Balaban J connectivity index is 2.13. The summed E-state index contributed by atoms with van der Waals surface area (Å²) in [4.78, 5) is 40.0. The average molecular weight is 528 g/mol. The fraction of sp³-hybridized carbons (Fsp3) is 0.375. The van der Waals surface area contributed by atoms with Crippen LogP contribution in [0.2, 0.25) is 5.02 Å². The third kappa shape index (κ3) is 6.27. The van der Waals surface area contributed by atoms with E-state index in [4.69, 9.17) is 11.6 Å². The summed E-state index contributed by atoms with van der Waals surface area (Å²) in [6.45, 7) is 1.23. The van der Waals surface area contributed by atoms with Gasteiger partial charge in [-0.3, -0.25) is 14.5 Å². The van der Waals surface area contributed by atoms with Crippen LogP contribution in [0.25, 0.3) is 0 Å². The van der Waals surface area contributed by atoms with Gasteiger partial charge in [0.25, 0.3) is 11.8 Å². The van der Waals surface area contributed by atoms with Gasteiger partial charge in [-0.05, 0) is 31.2 Å². The minimum atomic E-state index is -2.92. The molecule has 12 heteroatoms. The fourth-order valence-electron chi connectivity index (χ4n) is 3.89. The number of ether oxygens (including phenoxy) is 1. The minimum Gasteiger partial charge on any atom is -0.453 e. The maximum absolute atomic E-state index is 14.2. The Bertz CT molecular complexity index is 1130. The molecule has 1 fully saturated rings. The van der Waals surface area contributed by atoms with E-state index in [0.29, 0.717) is 0 Å². The topological polar surface area (TPSA) is 108 Å². The van der Waals surface area contributed by atoms with Gasteiger partial charge in [-0.25, -0.2) is 18.0 Å². The summed E-state index contributed by atoms with van der Waals surface area (Å²) in [5, 5.41) is 15.0. The highest BCUT2D eigenvalue weighted by atomic mass is 35.5. The Labute approximate surface area is 210 Å². The summed E-state index contributed by atoms with van der Waals surface area (Å²) in [5.41, 5.74) is 0.0131. The van der Waals surface area contributed by atoms with Crippen molar-refractivity contribution in [2.75, 3.05) is 12.0 Å². The Hall–Kier alpha value is -3.31. The van der Waals surface area contributed by atoms with Gasteiger partial charge in [-0.1, -0.05) is 35.9 Å². The van der Waals surface area contributed by atoms with E-state index in [1.807, 2.05) is 0 Å². The van der Waals surface area contributed by atoms with Gasteiger partial charge in [-0.2, -0.15) is 0 Å². The number of rotatable bonds is 8. The Morgan fingerprint density at radius 2 is 1.83 bits per heavy atom. The van der Waals surface area contributed by atoms with Crippen molar-refractivity contribution in [1.29, 1.82) is 0 Å². The van der Waals surface area contributed by atoms with Crippen LogP contribution in [-0.2, 0) is 14.3 Å². The molecule has 0 bridgehead atoms. The van der Waals surface area contributed by atoms with Gasteiger partial charge < -0.3 is 20.5 Å². The molecule has 1 saturated carbocycles. The predicted molar refractivity (Wildman–Crippen MR) is 125 cm³/mol. The van der Waals surface area contributed by atoms with E-state index in [1.165, 1.54) is 31.2 Å². The van der Waals surface area contributed by atoms with Gasteiger partial charge in [0.05, 0.1) is 13.2 Å². The number of anilines is 1. The van der Waals surface area contributed by atoms with E-state index in [0.717, 1.165) is 24.1 Å². The van der Waals surface area contributed by atoms with Crippen LogP contribution < -0.4 is 15.5 Å². The molecule has 0 heterocycles. The molecule has 0 radical (unpaired) electrons. The second-order valence-electron chi connectivity index (χ2n) is 8.44. The molecule has 0 saturated heterocycles. The highest BCUT2D eigenvalue weighted by molar-refractivity contribution is 6.31. The lowest BCUT2D eigenvalue weighted by Gasteiger charge is -2.39. The first-order valence-electron chi connectivity index (χ1n) is 11.0. The molecular weight excluding hydrogens is 503 g/mol. The molecule has 2 aromatic carbocycles. The molecule has 3 rings (SSSR count). The van der Waals surface area contributed by atoms with E-state index in [-0.39, 0.29) is 16.3 Å². The first-order valence-corrected chi connectivity index (χ1v) is 11.3. The van der Waals surface area contributed by atoms with Gasteiger partial charge in [0.15, 0.2) is 0 Å². The maximum Gasteiger partial charge on any atom is 0.407 e. The van der Waals surface area contributed by atoms with Crippen LogP contribution in [-0.4, -0.2) is 54.2 Å². The number of hydrogen-bond donors (Lipinski definition) is 3. The zero-order valence-electron chi connectivity index (χ0n) is 19.4. The maximum atomic E-state index is 14.2. The number of benzene rings is 2. The number of methoxy groups -OCH3 is 1. The number of carbonyl (C=O) groups is 3. The van der Waals surface area contributed by atoms with Crippen molar-refractivity contribution >= 4 is 35.2 Å². The van der Waals surface area contributed by atoms with Gasteiger partial charge >= 0.3 is 6.09 Å². The lowest BCUT2D eigenvalue weighted by atomic mass is 9.87. The number of carbonyl (C=O) groups excluding carboxylic acids is 3. The molecule has 0 aromatic heterocycles. The lowest BCUT2D eigenvalue weighted by molar-refractivity contribution is -0.133. The van der Waals surface area contributed by atoms with Crippen molar-refractivity contribution in [3.05, 3.63) is 64.9 Å². The third-order valence-electron chi connectivity index (χ3n) is 5.67. The molecule has 2 aromatic rings. The van der Waals surface area contributed by atoms with Gasteiger partial charge in [0.1, 0.15) is 17.9 Å². The number of aliphatic hydroxyl groups excluding tert-OH is 1.